The predicted molar refractivity (Wildman–Crippen MR) is 109 cm³/mol. The lowest BCUT2D eigenvalue weighted by atomic mass is 9.83. The highest BCUT2D eigenvalue weighted by Gasteiger charge is 2.36. The molecule has 1 unspecified atom stereocenters. The van der Waals surface area contributed by atoms with Gasteiger partial charge in [0.05, 0.1) is 12.1 Å². The highest BCUT2D eigenvalue weighted by Crippen LogP contribution is 2.37. The molecule has 1 amide bonds. The fourth-order valence-corrected chi connectivity index (χ4v) is 3.64. The van der Waals surface area contributed by atoms with Crippen LogP contribution in [0.25, 0.3) is 0 Å². The Kier molecular flexibility index (Phi) is 6.09. The number of allylic oxidation sites excluding steroid dienone is 1. The fourth-order valence-electron chi connectivity index (χ4n) is 3.64. The van der Waals surface area contributed by atoms with Gasteiger partial charge in [0.15, 0.2) is 0 Å². The third-order valence-corrected chi connectivity index (χ3v) is 5.00. The molecule has 4 heteroatoms. The first-order chi connectivity index (χ1) is 13.5. The summed E-state index contributed by atoms with van der Waals surface area (Å²) in [4.78, 5) is 27.5. The van der Waals surface area contributed by atoms with Crippen LogP contribution in [0.1, 0.15) is 36.0 Å². The number of amides is 1. The maximum atomic E-state index is 13.0. The minimum absolute atomic E-state index is 0.00753. The van der Waals surface area contributed by atoms with Crippen molar-refractivity contribution in [2.75, 3.05) is 6.61 Å². The SMILES string of the molecule is C=CCOC(=O)C1=C(C)N(Cc2cccc(C)c2)C(=O)CC1c1ccccc1. The molecule has 0 radical (unpaired) electrons. The zero-order valence-corrected chi connectivity index (χ0v) is 16.4. The lowest BCUT2D eigenvalue weighted by Gasteiger charge is -2.34. The van der Waals surface area contributed by atoms with E-state index in [2.05, 4.69) is 12.6 Å². The summed E-state index contributed by atoms with van der Waals surface area (Å²) in [6, 6.07) is 17.7. The van der Waals surface area contributed by atoms with E-state index >= 15 is 0 Å². The summed E-state index contributed by atoms with van der Waals surface area (Å²) >= 11 is 0. The lowest BCUT2D eigenvalue weighted by molar-refractivity contribution is -0.139. The van der Waals surface area contributed by atoms with Gasteiger partial charge in [-0.3, -0.25) is 4.79 Å². The van der Waals surface area contributed by atoms with Gasteiger partial charge in [-0.1, -0.05) is 72.8 Å². The van der Waals surface area contributed by atoms with E-state index in [1.165, 1.54) is 0 Å². The molecule has 0 N–H and O–H groups in total. The molecular weight excluding hydrogens is 350 g/mol. The van der Waals surface area contributed by atoms with E-state index in [1.54, 1.807) is 11.0 Å². The van der Waals surface area contributed by atoms with Crippen LogP contribution in [0.2, 0.25) is 0 Å². The van der Waals surface area contributed by atoms with Crippen LogP contribution >= 0.6 is 0 Å². The van der Waals surface area contributed by atoms with Crippen LogP contribution in [-0.2, 0) is 20.9 Å². The summed E-state index contributed by atoms with van der Waals surface area (Å²) in [6.07, 6.45) is 1.79. The Bertz CT molecular complexity index is 914. The first kappa shape index (κ1) is 19.6. The Morgan fingerprint density at radius 2 is 1.93 bits per heavy atom. The summed E-state index contributed by atoms with van der Waals surface area (Å²) in [7, 11) is 0. The average molecular weight is 375 g/mol. The third kappa shape index (κ3) is 4.22. The van der Waals surface area contributed by atoms with E-state index < -0.39 is 5.97 Å². The Hall–Kier alpha value is -3.14. The Morgan fingerprint density at radius 1 is 1.18 bits per heavy atom. The van der Waals surface area contributed by atoms with Gasteiger partial charge in [0.2, 0.25) is 5.91 Å². The molecule has 3 rings (SSSR count). The maximum absolute atomic E-state index is 13.0. The van der Waals surface area contributed by atoms with Crippen LogP contribution in [-0.4, -0.2) is 23.4 Å². The van der Waals surface area contributed by atoms with E-state index in [9.17, 15) is 9.59 Å². The van der Waals surface area contributed by atoms with Crippen molar-refractivity contribution in [3.63, 3.8) is 0 Å². The largest absolute Gasteiger partial charge is 0.458 e. The Morgan fingerprint density at radius 3 is 2.61 bits per heavy atom. The van der Waals surface area contributed by atoms with Crippen LogP contribution in [0.4, 0.5) is 0 Å². The van der Waals surface area contributed by atoms with Gasteiger partial charge in [-0.2, -0.15) is 0 Å². The second kappa shape index (κ2) is 8.70. The van der Waals surface area contributed by atoms with Crippen LogP contribution in [0, 0.1) is 6.92 Å². The highest BCUT2D eigenvalue weighted by atomic mass is 16.5. The minimum atomic E-state index is -0.395. The van der Waals surface area contributed by atoms with Crippen molar-refractivity contribution < 1.29 is 14.3 Å². The second-order valence-corrected chi connectivity index (χ2v) is 7.02. The number of benzene rings is 2. The van der Waals surface area contributed by atoms with E-state index in [0.717, 1.165) is 16.7 Å². The number of aryl methyl sites for hydroxylation is 1. The molecule has 0 aromatic heterocycles. The standard InChI is InChI=1S/C24H25NO3/c1-4-13-28-24(27)23-18(3)25(16-19-10-8-9-17(2)14-19)22(26)15-21(23)20-11-6-5-7-12-20/h4-12,14,21H,1,13,15-16H2,2-3H3. The quantitative estimate of drug-likeness (QED) is 0.551. The molecular formula is C24H25NO3. The summed E-state index contributed by atoms with van der Waals surface area (Å²) in [6.45, 7) is 8.03. The molecule has 1 atom stereocenters. The molecule has 1 aliphatic heterocycles. The summed E-state index contributed by atoms with van der Waals surface area (Å²) in [5.41, 5.74) is 4.30. The molecule has 0 spiro atoms. The normalized spacial score (nSPS) is 16.9. The number of carbonyl (C=O) groups is 2. The Labute approximate surface area is 166 Å². The highest BCUT2D eigenvalue weighted by molar-refractivity contribution is 5.95. The van der Waals surface area contributed by atoms with Crippen LogP contribution in [0.15, 0.2) is 78.5 Å². The van der Waals surface area contributed by atoms with E-state index in [-0.39, 0.29) is 24.9 Å². The third-order valence-electron chi connectivity index (χ3n) is 5.00. The molecule has 0 aliphatic carbocycles. The zero-order chi connectivity index (χ0) is 20.1. The van der Waals surface area contributed by atoms with E-state index in [1.807, 2.05) is 62.4 Å². The zero-order valence-electron chi connectivity index (χ0n) is 16.4. The minimum Gasteiger partial charge on any atom is -0.458 e. The molecule has 1 aliphatic rings. The van der Waals surface area contributed by atoms with Gasteiger partial charge in [0.25, 0.3) is 0 Å². The number of carbonyl (C=O) groups excluding carboxylic acids is 2. The number of hydrogen-bond acceptors (Lipinski definition) is 3. The van der Waals surface area contributed by atoms with Crippen molar-refractivity contribution in [1.82, 2.24) is 4.90 Å². The van der Waals surface area contributed by atoms with Crippen LogP contribution < -0.4 is 0 Å². The van der Waals surface area contributed by atoms with Crippen molar-refractivity contribution in [3.05, 3.63) is 95.2 Å². The molecule has 0 saturated heterocycles. The topological polar surface area (TPSA) is 46.6 Å². The Balaban J connectivity index is 2.01. The summed E-state index contributed by atoms with van der Waals surface area (Å²) in [5, 5.41) is 0. The molecule has 2 aromatic rings. The fraction of sp³-hybridized carbons (Fsp3) is 0.250. The van der Waals surface area contributed by atoms with Crippen molar-refractivity contribution >= 4 is 11.9 Å². The molecule has 0 saturated carbocycles. The van der Waals surface area contributed by atoms with Crippen LogP contribution in [0.3, 0.4) is 0 Å². The monoisotopic (exact) mass is 375 g/mol. The van der Waals surface area contributed by atoms with Gasteiger partial charge >= 0.3 is 5.97 Å². The summed E-state index contributed by atoms with van der Waals surface area (Å²) < 4.78 is 5.35. The van der Waals surface area contributed by atoms with Gasteiger partial charge in [0, 0.05) is 18.0 Å². The van der Waals surface area contributed by atoms with Gasteiger partial charge in [-0.05, 0) is 25.0 Å². The van der Waals surface area contributed by atoms with E-state index in [0.29, 0.717) is 17.8 Å². The molecule has 0 fully saturated rings. The molecule has 28 heavy (non-hydrogen) atoms. The molecule has 144 valence electrons. The number of ether oxygens (including phenoxy) is 1. The molecule has 2 aromatic carbocycles. The van der Waals surface area contributed by atoms with Crippen LogP contribution in [0.5, 0.6) is 0 Å². The first-order valence-electron chi connectivity index (χ1n) is 9.41. The first-order valence-corrected chi connectivity index (χ1v) is 9.41. The smallest absolute Gasteiger partial charge is 0.336 e. The number of rotatable bonds is 6. The van der Waals surface area contributed by atoms with E-state index in [4.69, 9.17) is 4.74 Å². The predicted octanol–water partition coefficient (Wildman–Crippen LogP) is 4.51. The maximum Gasteiger partial charge on any atom is 0.336 e. The van der Waals surface area contributed by atoms with Crippen molar-refractivity contribution in [2.45, 2.75) is 32.7 Å². The van der Waals surface area contributed by atoms with Gasteiger partial charge in [-0.25, -0.2) is 4.79 Å². The van der Waals surface area contributed by atoms with Crippen molar-refractivity contribution in [2.24, 2.45) is 0 Å². The molecule has 1 heterocycles. The average Bonchev–Trinajstić information content (AvgIpc) is 2.69. The number of esters is 1. The van der Waals surface area contributed by atoms with Crippen molar-refractivity contribution in [1.29, 1.82) is 0 Å². The lowest BCUT2D eigenvalue weighted by Crippen LogP contribution is -2.38. The van der Waals surface area contributed by atoms with Gasteiger partial charge in [-0.15, -0.1) is 0 Å². The summed E-state index contributed by atoms with van der Waals surface area (Å²) in [5.74, 6) is -0.694. The molecule has 0 bridgehead atoms. The number of hydrogen-bond donors (Lipinski definition) is 0. The van der Waals surface area contributed by atoms with Crippen molar-refractivity contribution in [3.8, 4) is 0 Å². The van der Waals surface area contributed by atoms with Gasteiger partial charge < -0.3 is 9.64 Å². The molecule has 4 nitrogen and oxygen atoms in total. The van der Waals surface area contributed by atoms with Gasteiger partial charge in [0.1, 0.15) is 6.61 Å². The second-order valence-electron chi connectivity index (χ2n) is 7.02. The number of nitrogens with zero attached hydrogens (tertiary/aromatic N) is 1.